The summed E-state index contributed by atoms with van der Waals surface area (Å²) in [5, 5.41) is 6.23. The van der Waals surface area contributed by atoms with Gasteiger partial charge in [-0.2, -0.15) is 4.98 Å². The molecule has 25 heavy (non-hydrogen) atoms. The van der Waals surface area contributed by atoms with Crippen LogP contribution in [0.1, 0.15) is 13.8 Å². The molecule has 1 heterocycles. The van der Waals surface area contributed by atoms with Crippen LogP contribution in [0.15, 0.2) is 39.7 Å². The highest BCUT2D eigenvalue weighted by Gasteiger charge is 2.04. The zero-order valence-corrected chi connectivity index (χ0v) is 16.6. The van der Waals surface area contributed by atoms with Crippen LogP contribution in [0.5, 0.6) is 0 Å². The largest absolute Gasteiger partial charge is 0.450 e. The monoisotopic (exact) mass is 474 g/mol. The van der Waals surface area contributed by atoms with E-state index in [4.69, 9.17) is 0 Å². The maximum Gasteiger partial charge on any atom is 0.410 e. The van der Waals surface area contributed by atoms with Gasteiger partial charge in [0.25, 0.3) is 0 Å². The molecule has 0 unspecified atom stereocenters. The Bertz CT molecular complexity index is 822. The van der Waals surface area contributed by atoms with E-state index in [9.17, 15) is 9.00 Å². The number of carbonyl (C=O) groups excluding carboxylic acids is 1. The van der Waals surface area contributed by atoms with E-state index in [1.54, 1.807) is 37.4 Å². The first-order valence-corrected chi connectivity index (χ1v) is 9.66. The smallest absolute Gasteiger partial charge is 0.410 e. The van der Waals surface area contributed by atoms with Gasteiger partial charge >= 0.3 is 6.09 Å². The highest BCUT2D eigenvalue weighted by atomic mass is 127. The summed E-state index contributed by atoms with van der Waals surface area (Å²) < 4.78 is 21.0. The summed E-state index contributed by atoms with van der Waals surface area (Å²) in [7, 11) is -1.80. The molecule has 1 amide bonds. The molecule has 2 N–H and O–H groups in total. The van der Waals surface area contributed by atoms with Crippen LogP contribution in [0.4, 0.5) is 22.2 Å². The summed E-state index contributed by atoms with van der Waals surface area (Å²) in [6.45, 7) is 4.60. The normalized spacial score (nSPS) is 11.8. The van der Waals surface area contributed by atoms with E-state index in [-0.39, 0.29) is 6.61 Å². The average Bonchev–Trinajstić information content (AvgIpc) is 2.59. The van der Waals surface area contributed by atoms with Gasteiger partial charge in [-0.1, -0.05) is 17.0 Å². The molecule has 0 saturated heterocycles. The second-order valence-corrected chi connectivity index (χ2v) is 6.92. The number of amides is 1. The molecule has 10 heteroatoms. The van der Waals surface area contributed by atoms with Gasteiger partial charge in [0, 0.05) is 18.4 Å². The topological polar surface area (TPSA) is 106 Å². The molecule has 0 aliphatic carbocycles. The molecule has 0 spiro atoms. The van der Waals surface area contributed by atoms with Crippen molar-refractivity contribution in [1.29, 1.82) is 0 Å². The first-order valence-electron chi connectivity index (χ1n) is 7.47. The van der Waals surface area contributed by atoms with Gasteiger partial charge in [-0.05, 0) is 48.6 Å². The average molecular weight is 474 g/mol. The number of halogens is 1. The zero-order chi connectivity index (χ0) is 18.2. The minimum atomic E-state index is -1.80. The zero-order valence-electron chi connectivity index (χ0n) is 13.7. The minimum absolute atomic E-state index is 0.188. The van der Waals surface area contributed by atoms with Gasteiger partial charge in [-0.25, -0.2) is 9.78 Å². The van der Waals surface area contributed by atoms with Crippen LogP contribution in [-0.4, -0.2) is 29.2 Å². The first-order chi connectivity index (χ1) is 12.0. The highest BCUT2D eigenvalue weighted by molar-refractivity contribution is 14.1. The number of carbonyl (C=O) groups is 1. The summed E-state index contributed by atoms with van der Waals surface area (Å²) in [4.78, 5) is 20.2. The van der Waals surface area contributed by atoms with Gasteiger partial charge in [0.05, 0.1) is 10.2 Å². The fraction of sp³-hybridized carbons (Fsp3) is 0.267. The molecule has 0 radical (unpaired) electrons. The third-order valence-electron chi connectivity index (χ3n) is 2.83. The second kappa shape index (κ2) is 9.51. The number of hydrogen-bond acceptors (Lipinski definition) is 8. The molecule has 0 atom stereocenters. The number of ether oxygens (including phenoxy) is 1. The Balaban J connectivity index is 2.11. The molecule has 0 fully saturated rings. The van der Waals surface area contributed by atoms with Crippen LogP contribution in [0, 0.1) is 3.57 Å². The van der Waals surface area contributed by atoms with E-state index >= 15 is 0 Å². The van der Waals surface area contributed by atoms with E-state index in [0.717, 1.165) is 21.6 Å². The lowest BCUT2D eigenvalue weighted by atomic mass is 10.3. The molecule has 1 aromatic carbocycles. The van der Waals surface area contributed by atoms with Crippen molar-refractivity contribution in [2.75, 3.05) is 23.8 Å². The standard InChI is InChI=1S/C15H17IN5O3S/c1-3-17-13-12(16)9-18-14(20-13)19-10-5-7-11(8-6-10)25(23)21-15(22)24-4-2/h5-9H,3-4H2,1-2H3,(H2,17,18,19,20)/q-1. The van der Waals surface area contributed by atoms with Crippen molar-refractivity contribution in [1.82, 2.24) is 9.97 Å². The summed E-state index contributed by atoms with van der Waals surface area (Å²) in [5.41, 5.74) is 0.723. The Morgan fingerprint density at radius 2 is 2.04 bits per heavy atom. The molecular formula is C15H17IN5O3S-. The lowest BCUT2D eigenvalue weighted by Gasteiger charge is -2.10. The number of hydrogen-bond donors (Lipinski definition) is 2. The molecule has 0 aliphatic rings. The third-order valence-corrected chi connectivity index (χ3v) is 4.61. The Kier molecular flexibility index (Phi) is 7.37. The quantitative estimate of drug-likeness (QED) is 0.483. The van der Waals surface area contributed by atoms with Gasteiger partial charge < -0.3 is 19.6 Å². The van der Waals surface area contributed by atoms with Crippen LogP contribution in [0.25, 0.3) is 0 Å². The van der Waals surface area contributed by atoms with E-state index in [2.05, 4.69) is 52.3 Å². The SMILES string of the molecule is CCNc1nc(Nc2ccc([S-](=O)=NC(=O)OCC)cc2)ncc1I. The maximum absolute atomic E-state index is 11.9. The maximum atomic E-state index is 11.9. The van der Waals surface area contributed by atoms with Gasteiger partial charge in [0.2, 0.25) is 5.95 Å². The van der Waals surface area contributed by atoms with E-state index < -0.39 is 16.7 Å². The highest BCUT2D eigenvalue weighted by Crippen LogP contribution is 2.19. The van der Waals surface area contributed by atoms with Crippen molar-refractivity contribution in [2.45, 2.75) is 18.7 Å². The lowest BCUT2D eigenvalue weighted by molar-refractivity contribution is 0.164. The molecule has 8 nitrogen and oxygen atoms in total. The minimum Gasteiger partial charge on any atom is -0.450 e. The number of anilines is 3. The van der Waals surface area contributed by atoms with Crippen molar-refractivity contribution < 1.29 is 13.7 Å². The fourth-order valence-electron chi connectivity index (χ4n) is 1.77. The Hall–Kier alpha value is -1.95. The molecule has 0 aliphatic heterocycles. The Labute approximate surface area is 161 Å². The van der Waals surface area contributed by atoms with E-state index in [0.29, 0.717) is 10.8 Å². The van der Waals surface area contributed by atoms with Crippen molar-refractivity contribution in [3.63, 3.8) is 0 Å². The molecule has 2 rings (SSSR count). The number of benzene rings is 1. The lowest BCUT2D eigenvalue weighted by Crippen LogP contribution is -2.05. The summed E-state index contributed by atoms with van der Waals surface area (Å²) in [5.74, 6) is 1.20. The van der Waals surface area contributed by atoms with Crippen LogP contribution in [0.2, 0.25) is 0 Å². The van der Waals surface area contributed by atoms with E-state index in [1.807, 2.05) is 6.92 Å². The Morgan fingerprint density at radius 1 is 1.32 bits per heavy atom. The van der Waals surface area contributed by atoms with Crippen LogP contribution < -0.4 is 10.6 Å². The molecule has 2 aromatic rings. The summed E-state index contributed by atoms with van der Waals surface area (Å²) in [6, 6.07) is 6.64. The van der Waals surface area contributed by atoms with Crippen molar-refractivity contribution in [3.05, 3.63) is 34.0 Å². The molecule has 134 valence electrons. The second-order valence-electron chi connectivity index (χ2n) is 4.61. The van der Waals surface area contributed by atoms with Crippen molar-refractivity contribution in [3.8, 4) is 0 Å². The molecule has 0 bridgehead atoms. The van der Waals surface area contributed by atoms with Gasteiger partial charge in [0.1, 0.15) is 5.82 Å². The van der Waals surface area contributed by atoms with Gasteiger partial charge in [-0.3, -0.25) is 4.36 Å². The van der Waals surface area contributed by atoms with Crippen LogP contribution in [-0.2, 0) is 19.5 Å². The van der Waals surface area contributed by atoms with Crippen LogP contribution >= 0.6 is 22.6 Å². The first kappa shape index (κ1) is 19.4. The number of nitrogens with one attached hydrogen (secondary N) is 2. The molecular weight excluding hydrogens is 457 g/mol. The predicted octanol–water partition coefficient (Wildman–Crippen LogP) is 3.92. The molecule has 0 saturated carbocycles. The van der Waals surface area contributed by atoms with Crippen molar-refractivity contribution in [2.24, 2.45) is 4.36 Å². The summed E-state index contributed by atoms with van der Waals surface area (Å²) >= 11 is 2.16. The predicted molar refractivity (Wildman–Crippen MR) is 104 cm³/mol. The number of nitrogens with zero attached hydrogens (tertiary/aromatic N) is 3. The summed E-state index contributed by atoms with van der Waals surface area (Å²) in [6.07, 6.45) is 0.876. The Morgan fingerprint density at radius 3 is 2.68 bits per heavy atom. The number of rotatable bonds is 6. The number of aromatic nitrogens is 2. The van der Waals surface area contributed by atoms with Crippen LogP contribution in [0.3, 0.4) is 0 Å². The molecule has 1 aromatic heterocycles. The van der Waals surface area contributed by atoms with Gasteiger partial charge in [0.15, 0.2) is 0 Å². The fourth-order valence-corrected chi connectivity index (χ4v) is 2.89. The van der Waals surface area contributed by atoms with Gasteiger partial charge in [-0.15, -0.1) is 10.6 Å². The third kappa shape index (κ3) is 5.81. The van der Waals surface area contributed by atoms with Crippen molar-refractivity contribution >= 4 is 56.7 Å². The van der Waals surface area contributed by atoms with E-state index in [1.165, 1.54) is 0 Å².